The summed E-state index contributed by atoms with van der Waals surface area (Å²) in [6.45, 7) is 3.29. The highest BCUT2D eigenvalue weighted by molar-refractivity contribution is 14.1. The fourth-order valence-corrected chi connectivity index (χ4v) is 2.25. The van der Waals surface area contributed by atoms with E-state index < -0.39 is 15.3 Å². The fraction of sp³-hybridized carbons (Fsp3) is 0.333. The molecule has 6 heteroatoms. The maximum absolute atomic E-state index is 11.6. The summed E-state index contributed by atoms with van der Waals surface area (Å²) in [7, 11) is -3.25. The Labute approximate surface area is 112 Å². The van der Waals surface area contributed by atoms with Crippen molar-refractivity contribution in [1.82, 2.24) is 0 Å². The van der Waals surface area contributed by atoms with Crippen molar-refractivity contribution in [2.75, 3.05) is 4.72 Å². The van der Waals surface area contributed by atoms with Gasteiger partial charge in [-0.1, -0.05) is 0 Å². The molecular weight excluding hydrogens is 393 g/mol. The van der Waals surface area contributed by atoms with Crippen LogP contribution < -0.4 is 4.72 Å². The number of sulfonamides is 1. The zero-order valence-corrected chi connectivity index (χ0v) is 12.9. The van der Waals surface area contributed by atoms with Crippen molar-refractivity contribution in [3.05, 3.63) is 26.2 Å². The Morgan fingerprint density at radius 2 is 2.00 bits per heavy atom. The first kappa shape index (κ1) is 13.2. The molecule has 0 spiro atoms. The Balaban J connectivity index is 2.96. The molecule has 0 bridgehead atoms. The molecule has 0 saturated carbocycles. The smallest absolute Gasteiger partial charge is 0.235 e. The molecule has 0 heterocycles. The first-order valence-electron chi connectivity index (χ1n) is 4.29. The van der Waals surface area contributed by atoms with E-state index in [1.165, 1.54) is 0 Å². The maximum atomic E-state index is 11.6. The van der Waals surface area contributed by atoms with E-state index in [0.717, 1.165) is 8.04 Å². The minimum absolute atomic E-state index is 0.435. The Hall–Kier alpha value is 0.180. The van der Waals surface area contributed by atoms with Gasteiger partial charge < -0.3 is 0 Å². The molecule has 0 aliphatic rings. The SMILES string of the molecule is CC(C)S(=O)(=O)Nc1ccc(I)c(Br)c1. The average molecular weight is 404 g/mol. The molecule has 0 saturated heterocycles. The van der Waals surface area contributed by atoms with E-state index in [1.54, 1.807) is 26.0 Å². The van der Waals surface area contributed by atoms with Crippen molar-refractivity contribution >= 4 is 54.2 Å². The molecule has 0 aromatic heterocycles. The predicted molar refractivity (Wildman–Crippen MR) is 74.5 cm³/mol. The molecule has 1 aromatic rings. The Morgan fingerprint density at radius 3 is 2.47 bits per heavy atom. The lowest BCUT2D eigenvalue weighted by Gasteiger charge is -2.11. The summed E-state index contributed by atoms with van der Waals surface area (Å²) >= 11 is 5.52. The zero-order valence-electron chi connectivity index (χ0n) is 8.29. The molecule has 84 valence electrons. The number of halogens is 2. The second kappa shape index (κ2) is 5.01. The molecule has 3 nitrogen and oxygen atoms in total. The molecule has 0 aliphatic carbocycles. The van der Waals surface area contributed by atoms with Crippen molar-refractivity contribution < 1.29 is 8.42 Å². The van der Waals surface area contributed by atoms with Crippen molar-refractivity contribution in [2.45, 2.75) is 19.1 Å². The molecule has 15 heavy (non-hydrogen) atoms. The van der Waals surface area contributed by atoms with Crippen LogP contribution in [0.3, 0.4) is 0 Å². The number of hydrogen-bond donors (Lipinski definition) is 1. The second-order valence-corrected chi connectivity index (χ2v) is 7.58. The highest BCUT2D eigenvalue weighted by Crippen LogP contribution is 2.23. The van der Waals surface area contributed by atoms with E-state index in [4.69, 9.17) is 0 Å². The lowest BCUT2D eigenvalue weighted by molar-refractivity contribution is 0.593. The lowest BCUT2D eigenvalue weighted by Crippen LogP contribution is -2.22. The van der Waals surface area contributed by atoms with Crippen LogP contribution in [0, 0.1) is 3.57 Å². The van der Waals surface area contributed by atoms with E-state index in [2.05, 4.69) is 43.2 Å². The van der Waals surface area contributed by atoms with Crippen LogP contribution in [0.1, 0.15) is 13.8 Å². The predicted octanol–water partition coefficient (Wildman–Crippen LogP) is 3.20. The highest BCUT2D eigenvalue weighted by Gasteiger charge is 2.15. The maximum Gasteiger partial charge on any atom is 0.235 e. The second-order valence-electron chi connectivity index (χ2n) is 3.32. The number of nitrogens with one attached hydrogen (secondary N) is 1. The molecule has 1 rings (SSSR count). The molecule has 0 atom stereocenters. The number of hydrogen-bond acceptors (Lipinski definition) is 2. The van der Waals surface area contributed by atoms with E-state index >= 15 is 0 Å². The normalized spacial score (nSPS) is 11.8. The first-order chi connectivity index (χ1) is 6.83. The molecule has 0 unspecified atom stereocenters. The summed E-state index contributed by atoms with van der Waals surface area (Å²) in [5, 5.41) is -0.435. The Kier molecular flexibility index (Phi) is 4.42. The van der Waals surface area contributed by atoms with Crippen LogP contribution in [0.4, 0.5) is 5.69 Å². The molecule has 0 fully saturated rings. The van der Waals surface area contributed by atoms with E-state index in [0.29, 0.717) is 5.69 Å². The average Bonchev–Trinajstić information content (AvgIpc) is 2.10. The van der Waals surface area contributed by atoms with Gasteiger partial charge in [-0.15, -0.1) is 0 Å². The van der Waals surface area contributed by atoms with Gasteiger partial charge >= 0.3 is 0 Å². The van der Waals surface area contributed by atoms with Crippen LogP contribution in [0.5, 0.6) is 0 Å². The van der Waals surface area contributed by atoms with Gasteiger partial charge in [-0.05, 0) is 70.6 Å². The third-order valence-electron chi connectivity index (χ3n) is 1.80. The molecule has 1 N–H and O–H groups in total. The van der Waals surface area contributed by atoms with Crippen LogP contribution in [-0.2, 0) is 10.0 Å². The van der Waals surface area contributed by atoms with Gasteiger partial charge in [0, 0.05) is 13.7 Å². The van der Waals surface area contributed by atoms with Crippen molar-refractivity contribution in [2.24, 2.45) is 0 Å². The summed E-state index contributed by atoms with van der Waals surface area (Å²) in [4.78, 5) is 0. The third-order valence-corrected chi connectivity index (χ3v) is 5.90. The van der Waals surface area contributed by atoms with Gasteiger partial charge in [0.2, 0.25) is 10.0 Å². The largest absolute Gasteiger partial charge is 0.283 e. The Bertz CT molecular complexity index is 459. The van der Waals surface area contributed by atoms with Crippen LogP contribution in [0.2, 0.25) is 0 Å². The summed E-state index contributed by atoms with van der Waals surface area (Å²) in [5.74, 6) is 0. The number of anilines is 1. The van der Waals surface area contributed by atoms with Crippen LogP contribution in [-0.4, -0.2) is 13.7 Å². The van der Waals surface area contributed by atoms with Gasteiger partial charge in [0.05, 0.1) is 5.25 Å². The van der Waals surface area contributed by atoms with Gasteiger partial charge in [0.15, 0.2) is 0 Å². The fourth-order valence-electron chi connectivity index (χ4n) is 0.842. The van der Waals surface area contributed by atoms with E-state index in [1.807, 2.05) is 6.07 Å². The van der Waals surface area contributed by atoms with Gasteiger partial charge in [0.1, 0.15) is 0 Å². The minimum Gasteiger partial charge on any atom is -0.283 e. The highest BCUT2D eigenvalue weighted by atomic mass is 127. The molecule has 0 aliphatic heterocycles. The van der Waals surface area contributed by atoms with Crippen molar-refractivity contribution in [1.29, 1.82) is 0 Å². The molecular formula is C9H11BrINO2S. The molecule has 1 aromatic carbocycles. The lowest BCUT2D eigenvalue weighted by atomic mass is 10.3. The summed E-state index contributed by atoms with van der Waals surface area (Å²) < 4.78 is 27.6. The third kappa shape index (κ3) is 3.60. The van der Waals surface area contributed by atoms with E-state index in [9.17, 15) is 8.42 Å². The topological polar surface area (TPSA) is 46.2 Å². The van der Waals surface area contributed by atoms with Crippen molar-refractivity contribution in [3.63, 3.8) is 0 Å². The minimum atomic E-state index is -3.25. The first-order valence-corrected chi connectivity index (χ1v) is 7.71. The quantitative estimate of drug-likeness (QED) is 0.787. The molecule has 0 radical (unpaired) electrons. The molecule has 0 amide bonds. The standard InChI is InChI=1S/C9H11BrINO2S/c1-6(2)15(13,14)12-7-3-4-9(11)8(10)5-7/h3-6,12H,1-2H3. The monoisotopic (exact) mass is 403 g/mol. The summed E-state index contributed by atoms with van der Waals surface area (Å²) in [6.07, 6.45) is 0. The zero-order chi connectivity index (χ0) is 11.6. The van der Waals surface area contributed by atoms with Gasteiger partial charge in [-0.3, -0.25) is 4.72 Å². The van der Waals surface area contributed by atoms with Crippen LogP contribution in [0.15, 0.2) is 22.7 Å². The summed E-state index contributed by atoms with van der Waals surface area (Å²) in [5.41, 5.74) is 0.580. The van der Waals surface area contributed by atoms with Gasteiger partial charge in [-0.25, -0.2) is 8.42 Å². The van der Waals surface area contributed by atoms with Gasteiger partial charge in [-0.2, -0.15) is 0 Å². The number of rotatable bonds is 3. The van der Waals surface area contributed by atoms with Crippen LogP contribution >= 0.6 is 38.5 Å². The Morgan fingerprint density at radius 1 is 1.40 bits per heavy atom. The summed E-state index contributed by atoms with van der Waals surface area (Å²) in [6, 6.07) is 5.34. The van der Waals surface area contributed by atoms with E-state index in [-0.39, 0.29) is 0 Å². The van der Waals surface area contributed by atoms with Gasteiger partial charge in [0.25, 0.3) is 0 Å². The van der Waals surface area contributed by atoms with Crippen LogP contribution in [0.25, 0.3) is 0 Å². The number of benzene rings is 1. The van der Waals surface area contributed by atoms with Crippen molar-refractivity contribution in [3.8, 4) is 0 Å².